The van der Waals surface area contributed by atoms with Crippen LogP contribution in [0.15, 0.2) is 37.2 Å². The van der Waals surface area contributed by atoms with Gasteiger partial charge in [0, 0.05) is 13.7 Å². The van der Waals surface area contributed by atoms with Crippen molar-refractivity contribution in [3.8, 4) is 0 Å². The van der Waals surface area contributed by atoms with E-state index in [1.54, 1.807) is 7.11 Å². The molecule has 0 N–H and O–H groups in total. The second kappa shape index (κ2) is 6.16. The van der Waals surface area contributed by atoms with Gasteiger partial charge in [0.05, 0.1) is 23.5 Å². The van der Waals surface area contributed by atoms with Gasteiger partial charge in [-0.2, -0.15) is 0 Å². The predicted molar refractivity (Wildman–Crippen MR) is 103 cm³/mol. The Morgan fingerprint density at radius 2 is 2.08 bits per heavy atom. The fourth-order valence-corrected chi connectivity index (χ4v) is 3.95. The molecule has 0 radical (unpaired) electrons. The molecule has 0 aliphatic heterocycles. The van der Waals surface area contributed by atoms with Gasteiger partial charge in [0.1, 0.15) is 0 Å². The molecule has 1 heterocycles. The molecular formula is C22H24N2O. The quantitative estimate of drug-likeness (QED) is 0.674. The zero-order valence-electron chi connectivity index (χ0n) is 15.2. The van der Waals surface area contributed by atoms with Crippen LogP contribution in [0.3, 0.4) is 0 Å². The first-order chi connectivity index (χ1) is 12.1. The van der Waals surface area contributed by atoms with Crippen molar-refractivity contribution in [3.63, 3.8) is 0 Å². The van der Waals surface area contributed by atoms with Gasteiger partial charge in [-0.3, -0.25) is 0 Å². The number of imidazole rings is 1. The Bertz CT molecular complexity index is 968. The molecule has 1 aliphatic rings. The summed E-state index contributed by atoms with van der Waals surface area (Å²) in [5, 5.41) is 0. The van der Waals surface area contributed by atoms with Gasteiger partial charge in [0.25, 0.3) is 0 Å². The Hall–Kier alpha value is -2.39. The molecule has 25 heavy (non-hydrogen) atoms. The van der Waals surface area contributed by atoms with E-state index in [-0.39, 0.29) is 6.10 Å². The Balaban J connectivity index is 1.74. The molecule has 0 spiro atoms. The summed E-state index contributed by atoms with van der Waals surface area (Å²) in [5.74, 6) is 0. The summed E-state index contributed by atoms with van der Waals surface area (Å²) in [5.41, 5.74) is 10.1. The summed E-state index contributed by atoms with van der Waals surface area (Å²) in [6, 6.07) is 9.00. The number of aromatic nitrogens is 2. The first-order valence-electron chi connectivity index (χ1n) is 8.83. The first-order valence-corrected chi connectivity index (χ1v) is 8.83. The molecule has 0 saturated heterocycles. The number of hydrogen-bond acceptors (Lipinski definition) is 2. The molecule has 1 aromatic heterocycles. The molecular weight excluding hydrogens is 308 g/mol. The number of benzene rings is 2. The zero-order chi connectivity index (χ0) is 17.6. The molecule has 1 unspecified atom stereocenters. The molecule has 3 aromatic rings. The lowest BCUT2D eigenvalue weighted by Crippen LogP contribution is -2.03. The van der Waals surface area contributed by atoms with Crippen LogP contribution in [-0.4, -0.2) is 16.7 Å². The lowest BCUT2D eigenvalue weighted by atomic mass is 10.00. The summed E-state index contributed by atoms with van der Waals surface area (Å²) in [4.78, 5) is 4.59. The number of methoxy groups -OCH3 is 1. The molecule has 128 valence electrons. The van der Waals surface area contributed by atoms with Crippen molar-refractivity contribution in [2.75, 3.05) is 7.11 Å². The average Bonchev–Trinajstić information content (AvgIpc) is 3.18. The van der Waals surface area contributed by atoms with Crippen LogP contribution in [0, 0.1) is 13.8 Å². The van der Waals surface area contributed by atoms with Gasteiger partial charge in [-0.1, -0.05) is 24.8 Å². The van der Waals surface area contributed by atoms with Gasteiger partial charge >= 0.3 is 0 Å². The van der Waals surface area contributed by atoms with Crippen LogP contribution < -0.4 is 0 Å². The molecule has 0 amide bonds. The SMILES string of the molecule is C=Cc1cc2c(cc1C)ncn2Cc1cc2c(cc1C)C(OC)CC2. The molecule has 3 nitrogen and oxygen atoms in total. The van der Waals surface area contributed by atoms with Gasteiger partial charge < -0.3 is 9.30 Å². The molecule has 3 heteroatoms. The molecule has 1 atom stereocenters. The largest absolute Gasteiger partial charge is 0.377 e. The molecule has 2 aromatic carbocycles. The predicted octanol–water partition coefficient (Wildman–Crippen LogP) is 4.98. The van der Waals surface area contributed by atoms with Crippen molar-refractivity contribution < 1.29 is 4.74 Å². The van der Waals surface area contributed by atoms with E-state index in [4.69, 9.17) is 4.74 Å². The van der Waals surface area contributed by atoms with E-state index in [0.29, 0.717) is 0 Å². The molecule has 0 bridgehead atoms. The topological polar surface area (TPSA) is 27.1 Å². The van der Waals surface area contributed by atoms with E-state index in [9.17, 15) is 0 Å². The van der Waals surface area contributed by atoms with E-state index in [1.807, 2.05) is 12.4 Å². The van der Waals surface area contributed by atoms with Crippen LogP contribution in [0.1, 0.15) is 45.9 Å². The monoisotopic (exact) mass is 332 g/mol. The van der Waals surface area contributed by atoms with Crippen LogP contribution in [0.4, 0.5) is 0 Å². The Morgan fingerprint density at radius 3 is 2.84 bits per heavy atom. The van der Waals surface area contributed by atoms with E-state index in [0.717, 1.165) is 30.4 Å². The Labute approximate surface area is 149 Å². The highest BCUT2D eigenvalue weighted by molar-refractivity contribution is 5.80. The van der Waals surface area contributed by atoms with Gasteiger partial charge in [-0.05, 0) is 72.2 Å². The maximum atomic E-state index is 5.61. The minimum Gasteiger partial charge on any atom is -0.377 e. The summed E-state index contributed by atoms with van der Waals surface area (Å²) in [6.45, 7) is 9.06. The third-order valence-corrected chi connectivity index (χ3v) is 5.47. The minimum atomic E-state index is 0.259. The van der Waals surface area contributed by atoms with Crippen molar-refractivity contribution in [2.24, 2.45) is 0 Å². The number of hydrogen-bond donors (Lipinski definition) is 0. The van der Waals surface area contributed by atoms with Crippen LogP contribution in [0.2, 0.25) is 0 Å². The second-order valence-corrected chi connectivity index (χ2v) is 7.01. The van der Waals surface area contributed by atoms with Crippen molar-refractivity contribution >= 4 is 17.1 Å². The van der Waals surface area contributed by atoms with Gasteiger partial charge in [-0.15, -0.1) is 0 Å². The number of nitrogens with zero attached hydrogens (tertiary/aromatic N) is 2. The van der Waals surface area contributed by atoms with E-state index in [2.05, 4.69) is 54.2 Å². The Kier molecular flexibility index (Phi) is 3.97. The fourth-order valence-electron chi connectivity index (χ4n) is 3.95. The number of aryl methyl sites for hydroxylation is 3. The highest BCUT2D eigenvalue weighted by atomic mass is 16.5. The normalized spacial score (nSPS) is 16.4. The summed E-state index contributed by atoms with van der Waals surface area (Å²) < 4.78 is 7.84. The fraction of sp³-hybridized carbons (Fsp3) is 0.318. The Morgan fingerprint density at radius 1 is 1.24 bits per heavy atom. The molecule has 0 saturated carbocycles. The van der Waals surface area contributed by atoms with Crippen molar-refractivity contribution in [1.82, 2.24) is 9.55 Å². The van der Waals surface area contributed by atoms with Crippen molar-refractivity contribution in [2.45, 2.75) is 39.3 Å². The lowest BCUT2D eigenvalue weighted by Gasteiger charge is -2.14. The lowest BCUT2D eigenvalue weighted by molar-refractivity contribution is 0.105. The maximum absolute atomic E-state index is 5.61. The van der Waals surface area contributed by atoms with Crippen LogP contribution in [0.25, 0.3) is 17.1 Å². The zero-order valence-corrected chi connectivity index (χ0v) is 15.2. The average molecular weight is 332 g/mol. The standard InChI is InChI=1S/C22H24N2O/c1-5-16-11-21-20(9-15(16)3)23-13-24(21)12-18-10-17-6-7-22(25-4)19(17)8-14(18)2/h5,8-11,13,22H,1,6-7,12H2,2-4H3. The number of rotatable bonds is 4. The summed E-state index contributed by atoms with van der Waals surface area (Å²) >= 11 is 0. The van der Waals surface area contributed by atoms with E-state index >= 15 is 0 Å². The van der Waals surface area contributed by atoms with Gasteiger partial charge in [0.2, 0.25) is 0 Å². The van der Waals surface area contributed by atoms with Crippen LogP contribution in [0.5, 0.6) is 0 Å². The van der Waals surface area contributed by atoms with E-state index < -0.39 is 0 Å². The van der Waals surface area contributed by atoms with Gasteiger partial charge in [-0.25, -0.2) is 4.98 Å². The third kappa shape index (κ3) is 2.69. The highest BCUT2D eigenvalue weighted by Crippen LogP contribution is 2.35. The van der Waals surface area contributed by atoms with Gasteiger partial charge in [0.15, 0.2) is 0 Å². The highest BCUT2D eigenvalue weighted by Gasteiger charge is 2.23. The van der Waals surface area contributed by atoms with Crippen molar-refractivity contribution in [3.05, 3.63) is 70.6 Å². The molecule has 0 fully saturated rings. The second-order valence-electron chi connectivity index (χ2n) is 7.01. The van der Waals surface area contributed by atoms with E-state index in [1.165, 1.54) is 33.4 Å². The molecule has 4 rings (SSSR count). The summed E-state index contributed by atoms with van der Waals surface area (Å²) in [6.07, 6.45) is 6.31. The number of ether oxygens (including phenoxy) is 1. The smallest absolute Gasteiger partial charge is 0.0961 e. The summed E-state index contributed by atoms with van der Waals surface area (Å²) in [7, 11) is 1.81. The first kappa shape index (κ1) is 16.1. The van der Waals surface area contributed by atoms with Crippen molar-refractivity contribution in [1.29, 1.82) is 0 Å². The third-order valence-electron chi connectivity index (χ3n) is 5.47. The minimum absolute atomic E-state index is 0.259. The number of fused-ring (bicyclic) bond motifs is 2. The molecule has 1 aliphatic carbocycles. The maximum Gasteiger partial charge on any atom is 0.0961 e. The van der Waals surface area contributed by atoms with Crippen LogP contribution >= 0.6 is 0 Å². The van der Waals surface area contributed by atoms with Crippen LogP contribution in [-0.2, 0) is 17.7 Å².